The fourth-order valence-electron chi connectivity index (χ4n) is 4.39. The summed E-state index contributed by atoms with van der Waals surface area (Å²) in [6, 6.07) is 0. The van der Waals surface area contributed by atoms with Crippen LogP contribution in [0.2, 0.25) is 0 Å². The lowest BCUT2D eigenvalue weighted by Crippen LogP contribution is -2.58. The standard InChI is InChI=1S/C18H35N3O/c1-7-15(2)16(18(5,6)21-9-8-19-14-21)17(3,4)20-10-12-22-13-11-20/h19H,7-14H2,1-6H3. The van der Waals surface area contributed by atoms with Crippen molar-refractivity contribution in [1.29, 1.82) is 0 Å². The van der Waals surface area contributed by atoms with E-state index in [1.165, 1.54) is 5.57 Å². The van der Waals surface area contributed by atoms with Gasteiger partial charge in [0.2, 0.25) is 0 Å². The maximum Gasteiger partial charge on any atom is 0.0594 e. The molecule has 0 bridgehead atoms. The van der Waals surface area contributed by atoms with Gasteiger partial charge in [0.05, 0.1) is 13.2 Å². The summed E-state index contributed by atoms with van der Waals surface area (Å²) < 4.78 is 5.57. The molecule has 0 spiro atoms. The first-order valence-corrected chi connectivity index (χ1v) is 8.81. The maximum absolute atomic E-state index is 5.57. The molecule has 22 heavy (non-hydrogen) atoms. The molecule has 0 saturated carbocycles. The first-order valence-electron chi connectivity index (χ1n) is 8.81. The predicted octanol–water partition coefficient (Wildman–Crippen LogP) is 2.47. The molecule has 0 unspecified atom stereocenters. The topological polar surface area (TPSA) is 27.7 Å². The van der Waals surface area contributed by atoms with Crippen LogP contribution in [0.15, 0.2) is 11.1 Å². The van der Waals surface area contributed by atoms with Crippen molar-refractivity contribution in [2.45, 2.75) is 59.0 Å². The average Bonchev–Trinajstić information content (AvgIpc) is 3.02. The summed E-state index contributed by atoms with van der Waals surface area (Å²) in [5.74, 6) is 0. The van der Waals surface area contributed by atoms with Crippen molar-refractivity contribution in [3.8, 4) is 0 Å². The molecule has 4 heteroatoms. The third-order valence-electron chi connectivity index (χ3n) is 5.63. The van der Waals surface area contributed by atoms with E-state index in [1.807, 2.05) is 0 Å². The summed E-state index contributed by atoms with van der Waals surface area (Å²) in [5, 5.41) is 3.49. The second-order valence-corrected chi connectivity index (χ2v) is 7.65. The van der Waals surface area contributed by atoms with Crippen LogP contribution in [0.25, 0.3) is 0 Å². The van der Waals surface area contributed by atoms with Gasteiger partial charge >= 0.3 is 0 Å². The normalized spacial score (nSPS) is 23.7. The lowest BCUT2D eigenvalue weighted by molar-refractivity contribution is -0.00712. The minimum absolute atomic E-state index is 0.0654. The highest BCUT2D eigenvalue weighted by molar-refractivity contribution is 5.34. The van der Waals surface area contributed by atoms with Gasteiger partial charge in [0.15, 0.2) is 0 Å². The quantitative estimate of drug-likeness (QED) is 0.790. The monoisotopic (exact) mass is 309 g/mol. The summed E-state index contributed by atoms with van der Waals surface area (Å²) >= 11 is 0. The molecule has 2 aliphatic rings. The van der Waals surface area contributed by atoms with E-state index in [4.69, 9.17) is 4.74 Å². The SMILES string of the molecule is CCC(C)=C(C(C)(C)N1CCOCC1)C(C)(C)N1CCNC1. The highest BCUT2D eigenvalue weighted by atomic mass is 16.5. The first kappa shape index (κ1) is 17.9. The van der Waals surface area contributed by atoms with Crippen LogP contribution >= 0.6 is 0 Å². The van der Waals surface area contributed by atoms with Gasteiger partial charge < -0.3 is 10.1 Å². The molecule has 0 aromatic rings. The van der Waals surface area contributed by atoms with E-state index in [0.717, 1.165) is 52.5 Å². The number of hydrogen-bond donors (Lipinski definition) is 1. The van der Waals surface area contributed by atoms with Gasteiger partial charge in [-0.25, -0.2) is 0 Å². The molecule has 2 fully saturated rings. The van der Waals surface area contributed by atoms with Gasteiger partial charge in [0, 0.05) is 43.9 Å². The van der Waals surface area contributed by atoms with Gasteiger partial charge in [-0.2, -0.15) is 0 Å². The molecule has 1 N–H and O–H groups in total. The van der Waals surface area contributed by atoms with Crippen LogP contribution < -0.4 is 5.32 Å². The molecule has 4 nitrogen and oxygen atoms in total. The van der Waals surface area contributed by atoms with E-state index in [-0.39, 0.29) is 11.1 Å². The summed E-state index contributed by atoms with van der Waals surface area (Å²) in [4.78, 5) is 5.19. The van der Waals surface area contributed by atoms with E-state index < -0.39 is 0 Å². The molecule has 2 saturated heterocycles. The molecule has 2 rings (SSSR count). The predicted molar refractivity (Wildman–Crippen MR) is 93.1 cm³/mol. The molecule has 0 radical (unpaired) electrons. The van der Waals surface area contributed by atoms with Crippen molar-refractivity contribution >= 4 is 0 Å². The smallest absolute Gasteiger partial charge is 0.0594 e. The molecule has 128 valence electrons. The zero-order valence-corrected chi connectivity index (χ0v) is 15.5. The van der Waals surface area contributed by atoms with E-state index in [0.29, 0.717) is 0 Å². The zero-order chi connectivity index (χ0) is 16.4. The van der Waals surface area contributed by atoms with Crippen molar-refractivity contribution in [3.05, 3.63) is 11.1 Å². The number of nitrogens with zero attached hydrogens (tertiary/aromatic N) is 2. The van der Waals surface area contributed by atoms with Crippen LogP contribution in [0.1, 0.15) is 48.0 Å². The molecular weight excluding hydrogens is 274 g/mol. The van der Waals surface area contributed by atoms with E-state index in [2.05, 4.69) is 56.7 Å². The first-order chi connectivity index (χ1) is 10.3. The molecule has 0 aromatic heterocycles. The van der Waals surface area contributed by atoms with E-state index in [1.54, 1.807) is 5.57 Å². The summed E-state index contributed by atoms with van der Waals surface area (Å²) in [6.07, 6.45) is 1.12. The number of ether oxygens (including phenoxy) is 1. The van der Waals surface area contributed by atoms with Crippen molar-refractivity contribution < 1.29 is 4.74 Å². The van der Waals surface area contributed by atoms with Crippen LogP contribution in [0.5, 0.6) is 0 Å². The van der Waals surface area contributed by atoms with Crippen LogP contribution in [-0.4, -0.2) is 66.9 Å². The number of nitrogens with one attached hydrogen (secondary N) is 1. The van der Waals surface area contributed by atoms with Gasteiger partial charge in [-0.15, -0.1) is 0 Å². The van der Waals surface area contributed by atoms with E-state index in [9.17, 15) is 0 Å². The highest BCUT2D eigenvalue weighted by Gasteiger charge is 2.43. The fraction of sp³-hybridized carbons (Fsp3) is 0.889. The van der Waals surface area contributed by atoms with Crippen molar-refractivity contribution in [1.82, 2.24) is 15.1 Å². The minimum Gasteiger partial charge on any atom is -0.379 e. The summed E-state index contributed by atoms with van der Waals surface area (Å²) in [7, 11) is 0. The Morgan fingerprint density at radius 2 is 1.59 bits per heavy atom. The number of rotatable bonds is 5. The van der Waals surface area contributed by atoms with Crippen LogP contribution in [-0.2, 0) is 4.74 Å². The number of morpholine rings is 1. The Bertz CT molecular complexity index is 403. The minimum atomic E-state index is 0.0654. The summed E-state index contributed by atoms with van der Waals surface area (Å²) in [6.45, 7) is 21.2. The Morgan fingerprint density at radius 1 is 1.00 bits per heavy atom. The van der Waals surface area contributed by atoms with Crippen molar-refractivity contribution in [2.24, 2.45) is 0 Å². The van der Waals surface area contributed by atoms with Crippen LogP contribution in [0.3, 0.4) is 0 Å². The number of allylic oxidation sites excluding steroid dienone is 1. The Balaban J connectivity index is 2.37. The zero-order valence-electron chi connectivity index (χ0n) is 15.5. The molecule has 0 aliphatic carbocycles. The molecule has 0 amide bonds. The third kappa shape index (κ3) is 3.40. The fourth-order valence-corrected chi connectivity index (χ4v) is 4.39. The van der Waals surface area contributed by atoms with Crippen LogP contribution in [0.4, 0.5) is 0 Å². The van der Waals surface area contributed by atoms with Gasteiger partial charge in [-0.05, 0) is 46.6 Å². The Labute approximate surface area is 136 Å². The maximum atomic E-state index is 5.57. The van der Waals surface area contributed by atoms with Crippen molar-refractivity contribution in [3.63, 3.8) is 0 Å². The second-order valence-electron chi connectivity index (χ2n) is 7.65. The summed E-state index contributed by atoms with van der Waals surface area (Å²) in [5.41, 5.74) is 3.27. The van der Waals surface area contributed by atoms with E-state index >= 15 is 0 Å². The lowest BCUT2D eigenvalue weighted by Gasteiger charge is -2.51. The third-order valence-corrected chi connectivity index (χ3v) is 5.63. The van der Waals surface area contributed by atoms with Gasteiger partial charge in [-0.3, -0.25) is 9.80 Å². The second kappa shape index (κ2) is 7.00. The Hall–Kier alpha value is -0.420. The Morgan fingerprint density at radius 3 is 2.09 bits per heavy atom. The van der Waals surface area contributed by atoms with Gasteiger partial charge in [0.25, 0.3) is 0 Å². The number of hydrogen-bond acceptors (Lipinski definition) is 4. The Kier molecular flexibility index (Phi) is 5.70. The lowest BCUT2D eigenvalue weighted by atomic mass is 9.75. The molecule has 0 atom stereocenters. The highest BCUT2D eigenvalue weighted by Crippen LogP contribution is 2.39. The molecular formula is C18H35N3O. The van der Waals surface area contributed by atoms with Gasteiger partial charge in [-0.1, -0.05) is 12.5 Å². The van der Waals surface area contributed by atoms with Crippen molar-refractivity contribution in [2.75, 3.05) is 46.1 Å². The molecule has 2 heterocycles. The average molecular weight is 309 g/mol. The molecule has 2 aliphatic heterocycles. The molecule has 0 aromatic carbocycles. The van der Waals surface area contributed by atoms with Gasteiger partial charge in [0.1, 0.15) is 0 Å². The van der Waals surface area contributed by atoms with Crippen LogP contribution in [0, 0.1) is 0 Å². The largest absolute Gasteiger partial charge is 0.379 e.